The molecular weight excluding hydrogens is 326 g/mol. The molecule has 2 rings (SSSR count). The molecule has 2 heterocycles. The van der Waals surface area contributed by atoms with Crippen LogP contribution in [0.1, 0.15) is 4.88 Å². The zero-order chi connectivity index (χ0) is 16.0. The highest BCUT2D eigenvalue weighted by atomic mass is 32.2. The fourth-order valence-corrected chi connectivity index (χ4v) is 4.34. The Morgan fingerprint density at radius 1 is 1.36 bits per heavy atom. The van der Waals surface area contributed by atoms with Crippen LogP contribution in [0.25, 0.3) is 0 Å². The molecule has 22 heavy (non-hydrogen) atoms. The Kier molecular flexibility index (Phi) is 6.33. The summed E-state index contributed by atoms with van der Waals surface area (Å²) in [6.07, 6.45) is 0. The number of sulfonamides is 1. The molecule has 1 aromatic rings. The molecule has 124 valence electrons. The number of thiophene rings is 1. The van der Waals surface area contributed by atoms with E-state index in [1.54, 1.807) is 12.1 Å². The smallest absolute Gasteiger partial charge is 0.250 e. The molecule has 9 heteroatoms. The number of hydrogen-bond acceptors (Lipinski definition) is 6. The Morgan fingerprint density at radius 2 is 2.09 bits per heavy atom. The molecule has 0 atom stereocenters. The van der Waals surface area contributed by atoms with E-state index >= 15 is 0 Å². The average Bonchev–Trinajstić information content (AvgIpc) is 2.94. The van der Waals surface area contributed by atoms with Gasteiger partial charge in [0, 0.05) is 31.1 Å². The number of amides is 1. The van der Waals surface area contributed by atoms with Gasteiger partial charge in [-0.15, -0.1) is 11.3 Å². The second-order valence-electron chi connectivity index (χ2n) is 4.99. The molecule has 0 aromatic carbocycles. The van der Waals surface area contributed by atoms with Gasteiger partial charge in [-0.3, -0.25) is 9.69 Å². The van der Waals surface area contributed by atoms with Crippen molar-refractivity contribution in [1.82, 2.24) is 14.9 Å². The standard InChI is InChI=1S/C13H21N3O4S2/c1-11-2-3-13(21-11)22(18,19)15-10-12(17)14-4-5-16-6-8-20-9-7-16/h2-3,15H,4-10H2,1H3,(H,14,17). The maximum absolute atomic E-state index is 12.0. The van der Waals surface area contributed by atoms with Gasteiger partial charge in [-0.1, -0.05) is 0 Å². The zero-order valence-corrected chi connectivity index (χ0v) is 14.1. The van der Waals surface area contributed by atoms with Gasteiger partial charge in [-0.25, -0.2) is 13.1 Å². The number of aryl methyl sites for hydroxylation is 1. The Morgan fingerprint density at radius 3 is 2.73 bits per heavy atom. The summed E-state index contributed by atoms with van der Waals surface area (Å²) in [5.41, 5.74) is 0. The second-order valence-corrected chi connectivity index (χ2v) is 8.28. The first-order chi connectivity index (χ1) is 10.5. The second kappa shape index (κ2) is 8.02. The molecule has 0 radical (unpaired) electrons. The van der Waals surface area contributed by atoms with Crippen LogP contribution in [0.4, 0.5) is 0 Å². The minimum absolute atomic E-state index is 0.228. The molecule has 1 fully saturated rings. The molecule has 0 saturated carbocycles. The molecule has 0 unspecified atom stereocenters. The highest BCUT2D eigenvalue weighted by molar-refractivity contribution is 7.91. The van der Waals surface area contributed by atoms with E-state index in [0.717, 1.165) is 24.5 Å². The SMILES string of the molecule is Cc1ccc(S(=O)(=O)NCC(=O)NCCN2CCOCC2)s1. The number of nitrogens with one attached hydrogen (secondary N) is 2. The van der Waals surface area contributed by atoms with E-state index in [-0.39, 0.29) is 16.7 Å². The zero-order valence-electron chi connectivity index (χ0n) is 12.5. The van der Waals surface area contributed by atoms with Crippen molar-refractivity contribution in [1.29, 1.82) is 0 Å². The van der Waals surface area contributed by atoms with Crippen LogP contribution in [0.3, 0.4) is 0 Å². The van der Waals surface area contributed by atoms with Crippen molar-refractivity contribution >= 4 is 27.3 Å². The van der Waals surface area contributed by atoms with Gasteiger partial charge in [-0.2, -0.15) is 0 Å². The number of rotatable bonds is 7. The van der Waals surface area contributed by atoms with Crippen molar-refractivity contribution in [3.05, 3.63) is 17.0 Å². The molecule has 0 aliphatic carbocycles. The predicted octanol–water partition coefficient (Wildman–Crippen LogP) is -0.217. The van der Waals surface area contributed by atoms with E-state index in [0.29, 0.717) is 19.8 Å². The summed E-state index contributed by atoms with van der Waals surface area (Å²) in [4.78, 5) is 14.8. The van der Waals surface area contributed by atoms with Crippen molar-refractivity contribution in [2.45, 2.75) is 11.1 Å². The quantitative estimate of drug-likeness (QED) is 0.712. The summed E-state index contributed by atoms with van der Waals surface area (Å²) < 4.78 is 31.7. The maximum atomic E-state index is 12.0. The molecule has 0 bridgehead atoms. The van der Waals surface area contributed by atoms with E-state index in [2.05, 4.69) is 14.9 Å². The summed E-state index contributed by atoms with van der Waals surface area (Å²) >= 11 is 1.18. The number of nitrogens with zero attached hydrogens (tertiary/aromatic N) is 1. The molecule has 1 aromatic heterocycles. The van der Waals surface area contributed by atoms with Crippen LogP contribution in [-0.4, -0.2) is 65.2 Å². The summed E-state index contributed by atoms with van der Waals surface area (Å²) in [7, 11) is -3.60. The van der Waals surface area contributed by atoms with Crippen LogP contribution in [0.15, 0.2) is 16.3 Å². The normalized spacial score (nSPS) is 16.6. The molecular formula is C13H21N3O4S2. The highest BCUT2D eigenvalue weighted by Gasteiger charge is 2.17. The lowest BCUT2D eigenvalue weighted by atomic mass is 10.4. The first-order valence-corrected chi connectivity index (χ1v) is 9.40. The Bertz CT molecular complexity index is 594. The van der Waals surface area contributed by atoms with Gasteiger partial charge in [0.15, 0.2) is 0 Å². The summed E-state index contributed by atoms with van der Waals surface area (Å²) in [6.45, 7) is 5.98. The fourth-order valence-electron chi connectivity index (χ4n) is 2.03. The summed E-state index contributed by atoms with van der Waals surface area (Å²) in [5.74, 6) is -0.329. The number of ether oxygens (including phenoxy) is 1. The third kappa shape index (κ3) is 5.33. The van der Waals surface area contributed by atoms with Crippen LogP contribution in [0.2, 0.25) is 0 Å². The minimum Gasteiger partial charge on any atom is -0.379 e. The van der Waals surface area contributed by atoms with E-state index in [9.17, 15) is 13.2 Å². The van der Waals surface area contributed by atoms with Gasteiger partial charge in [0.2, 0.25) is 5.91 Å². The van der Waals surface area contributed by atoms with Crippen LogP contribution < -0.4 is 10.0 Å². The van der Waals surface area contributed by atoms with Crippen molar-refractivity contribution in [3.63, 3.8) is 0 Å². The third-order valence-electron chi connectivity index (χ3n) is 3.26. The summed E-state index contributed by atoms with van der Waals surface area (Å²) in [6, 6.07) is 3.28. The largest absolute Gasteiger partial charge is 0.379 e. The first kappa shape index (κ1) is 17.4. The molecule has 2 N–H and O–H groups in total. The maximum Gasteiger partial charge on any atom is 0.250 e. The highest BCUT2D eigenvalue weighted by Crippen LogP contribution is 2.19. The lowest BCUT2D eigenvalue weighted by Gasteiger charge is -2.26. The van der Waals surface area contributed by atoms with E-state index in [1.807, 2.05) is 6.92 Å². The van der Waals surface area contributed by atoms with Crippen LogP contribution in [-0.2, 0) is 19.6 Å². The number of hydrogen-bond donors (Lipinski definition) is 2. The Labute approximate surface area is 134 Å². The molecule has 7 nitrogen and oxygen atoms in total. The monoisotopic (exact) mass is 347 g/mol. The molecule has 1 saturated heterocycles. The molecule has 1 aliphatic heterocycles. The van der Waals surface area contributed by atoms with Gasteiger partial charge >= 0.3 is 0 Å². The van der Waals surface area contributed by atoms with Crippen LogP contribution in [0.5, 0.6) is 0 Å². The Hall–Kier alpha value is -1.00. The van der Waals surface area contributed by atoms with E-state index < -0.39 is 10.0 Å². The lowest BCUT2D eigenvalue weighted by Crippen LogP contribution is -2.43. The third-order valence-corrected chi connectivity index (χ3v) is 6.15. The van der Waals surface area contributed by atoms with Gasteiger partial charge in [0.25, 0.3) is 10.0 Å². The lowest BCUT2D eigenvalue weighted by molar-refractivity contribution is -0.120. The van der Waals surface area contributed by atoms with Crippen molar-refractivity contribution in [2.75, 3.05) is 45.9 Å². The van der Waals surface area contributed by atoms with Gasteiger partial charge in [-0.05, 0) is 19.1 Å². The minimum atomic E-state index is -3.60. The van der Waals surface area contributed by atoms with Gasteiger partial charge < -0.3 is 10.1 Å². The predicted molar refractivity (Wildman–Crippen MR) is 84.5 cm³/mol. The van der Waals surface area contributed by atoms with Crippen LogP contribution >= 0.6 is 11.3 Å². The summed E-state index contributed by atoms with van der Waals surface area (Å²) in [5, 5.41) is 2.71. The molecule has 1 amide bonds. The van der Waals surface area contributed by atoms with Crippen molar-refractivity contribution in [3.8, 4) is 0 Å². The van der Waals surface area contributed by atoms with Gasteiger partial charge in [0.1, 0.15) is 4.21 Å². The first-order valence-electron chi connectivity index (χ1n) is 7.10. The number of carbonyl (C=O) groups is 1. The van der Waals surface area contributed by atoms with Crippen LogP contribution in [0, 0.1) is 6.92 Å². The fraction of sp³-hybridized carbons (Fsp3) is 0.615. The average molecular weight is 347 g/mol. The number of morpholine rings is 1. The number of carbonyl (C=O) groups excluding carboxylic acids is 1. The van der Waals surface area contributed by atoms with E-state index in [4.69, 9.17) is 4.74 Å². The van der Waals surface area contributed by atoms with Gasteiger partial charge in [0.05, 0.1) is 19.8 Å². The van der Waals surface area contributed by atoms with E-state index in [1.165, 1.54) is 11.3 Å². The van der Waals surface area contributed by atoms with Crippen molar-refractivity contribution in [2.24, 2.45) is 0 Å². The molecule has 0 spiro atoms. The topological polar surface area (TPSA) is 87.7 Å². The molecule has 1 aliphatic rings. The van der Waals surface area contributed by atoms with Crippen molar-refractivity contribution < 1.29 is 17.9 Å². The Balaban J connectivity index is 1.68.